The van der Waals surface area contributed by atoms with Crippen molar-refractivity contribution in [2.24, 2.45) is 22.2 Å². The van der Waals surface area contributed by atoms with Crippen LogP contribution in [0.15, 0.2) is 34.4 Å². The summed E-state index contributed by atoms with van der Waals surface area (Å²) >= 11 is 2.72. The average Bonchev–Trinajstić information content (AvgIpc) is 2.46. The highest BCUT2D eigenvalue weighted by Gasteiger charge is 2.64. The highest BCUT2D eigenvalue weighted by molar-refractivity contribution is 14.1. The summed E-state index contributed by atoms with van der Waals surface area (Å²) in [7, 11) is 0. The topological polar surface area (TPSA) is 0 Å². The molecule has 1 heteroatoms. The van der Waals surface area contributed by atoms with Crippen molar-refractivity contribution in [1.82, 2.24) is 0 Å². The third kappa shape index (κ3) is 1.65. The van der Waals surface area contributed by atoms with Gasteiger partial charge >= 0.3 is 0 Å². The molecule has 0 N–H and O–H groups in total. The molecule has 0 heterocycles. The average molecular weight is 412 g/mol. The van der Waals surface area contributed by atoms with Crippen LogP contribution in [0.5, 0.6) is 0 Å². The molecule has 4 atom stereocenters. The van der Waals surface area contributed by atoms with Crippen LogP contribution in [-0.4, -0.2) is 3.42 Å². The van der Waals surface area contributed by atoms with Crippen molar-refractivity contribution >= 4 is 22.6 Å². The molecule has 0 spiro atoms. The molecular weight excluding hydrogens is 379 g/mol. The highest BCUT2D eigenvalue weighted by atomic mass is 127. The van der Waals surface area contributed by atoms with Gasteiger partial charge in [0.05, 0.1) is 0 Å². The number of alkyl halides is 1. The van der Waals surface area contributed by atoms with Gasteiger partial charge in [-0.3, -0.25) is 0 Å². The first-order chi connectivity index (χ1) is 9.70. The first-order valence-corrected chi connectivity index (χ1v) is 9.53. The maximum Gasteiger partial charge on any atom is 0.0498 e. The normalized spacial score (nSPS) is 48.5. The second kappa shape index (κ2) is 4.74. The molecule has 0 saturated heterocycles. The van der Waals surface area contributed by atoms with Gasteiger partial charge in [0.15, 0.2) is 0 Å². The van der Waals surface area contributed by atoms with E-state index in [1.165, 1.54) is 22.3 Å². The lowest BCUT2D eigenvalue weighted by atomic mass is 9.40. The smallest absolute Gasteiger partial charge is 0.0498 e. The highest BCUT2D eigenvalue weighted by Crippen LogP contribution is 2.71. The van der Waals surface area contributed by atoms with Crippen LogP contribution < -0.4 is 0 Å². The fourth-order valence-electron chi connectivity index (χ4n) is 5.44. The molecule has 0 aliphatic heterocycles. The molecule has 2 bridgehead atoms. The SMILES string of the molecule is C=C1/C(C)=C(/C)C(C)(I)C2(C)C(C)=C(C)C1(C)C(C)(C)C2C. The van der Waals surface area contributed by atoms with E-state index in [0.29, 0.717) is 5.92 Å². The molecule has 0 saturated carbocycles. The maximum absolute atomic E-state index is 4.60. The van der Waals surface area contributed by atoms with Gasteiger partial charge in [-0.2, -0.15) is 0 Å². The van der Waals surface area contributed by atoms with Crippen molar-refractivity contribution in [3.63, 3.8) is 0 Å². The maximum atomic E-state index is 4.60. The Morgan fingerprint density at radius 2 is 1.32 bits per heavy atom. The van der Waals surface area contributed by atoms with E-state index in [-0.39, 0.29) is 19.7 Å². The zero-order valence-corrected chi connectivity index (χ0v) is 18.3. The van der Waals surface area contributed by atoms with Crippen molar-refractivity contribution in [3.8, 4) is 0 Å². The lowest BCUT2D eigenvalue weighted by Gasteiger charge is -2.66. The van der Waals surface area contributed by atoms with E-state index in [4.69, 9.17) is 0 Å². The summed E-state index contributed by atoms with van der Waals surface area (Å²) in [6, 6.07) is 0. The molecule has 3 aliphatic carbocycles. The van der Waals surface area contributed by atoms with Gasteiger partial charge in [0.1, 0.15) is 0 Å². The summed E-state index contributed by atoms with van der Waals surface area (Å²) in [6.07, 6.45) is 0. The number of allylic oxidation sites excluding steroid dienone is 5. The summed E-state index contributed by atoms with van der Waals surface area (Å²) in [5.41, 5.74) is 7.73. The predicted molar refractivity (Wildman–Crippen MR) is 107 cm³/mol. The third-order valence-electron chi connectivity index (χ3n) is 8.63. The van der Waals surface area contributed by atoms with Crippen molar-refractivity contribution in [2.45, 2.75) is 72.7 Å². The monoisotopic (exact) mass is 412 g/mol. The zero-order valence-electron chi connectivity index (χ0n) is 16.2. The number of halogens is 1. The van der Waals surface area contributed by atoms with Crippen LogP contribution in [0.3, 0.4) is 0 Å². The van der Waals surface area contributed by atoms with Crippen molar-refractivity contribution < 1.29 is 0 Å². The Labute approximate surface area is 151 Å². The molecule has 22 heavy (non-hydrogen) atoms. The molecule has 0 aromatic rings. The molecule has 124 valence electrons. The van der Waals surface area contributed by atoms with E-state index in [1.807, 2.05) is 0 Å². The Hall–Kier alpha value is -0.0500. The van der Waals surface area contributed by atoms with E-state index in [9.17, 15) is 0 Å². The van der Waals surface area contributed by atoms with Gasteiger partial charge in [0.2, 0.25) is 0 Å². The van der Waals surface area contributed by atoms with Crippen LogP contribution in [0.4, 0.5) is 0 Å². The fourth-order valence-corrected chi connectivity index (χ4v) is 6.72. The first-order valence-electron chi connectivity index (χ1n) is 8.45. The molecule has 0 radical (unpaired) electrons. The van der Waals surface area contributed by atoms with Gasteiger partial charge < -0.3 is 0 Å². The van der Waals surface area contributed by atoms with Crippen LogP contribution >= 0.6 is 22.6 Å². The van der Waals surface area contributed by atoms with E-state index in [0.717, 1.165) is 0 Å². The molecular formula is C21H33I. The van der Waals surface area contributed by atoms with Gasteiger partial charge in [-0.15, -0.1) is 0 Å². The minimum absolute atomic E-state index is 0.0362. The van der Waals surface area contributed by atoms with E-state index >= 15 is 0 Å². The summed E-state index contributed by atoms with van der Waals surface area (Å²) in [5.74, 6) is 0.579. The van der Waals surface area contributed by atoms with Gasteiger partial charge in [-0.25, -0.2) is 0 Å². The summed E-state index contributed by atoms with van der Waals surface area (Å²) in [6.45, 7) is 28.7. The van der Waals surface area contributed by atoms with Crippen LogP contribution in [0, 0.1) is 22.2 Å². The van der Waals surface area contributed by atoms with Gasteiger partial charge in [0.25, 0.3) is 0 Å². The second-order valence-electron chi connectivity index (χ2n) is 8.75. The first kappa shape index (κ1) is 18.3. The van der Waals surface area contributed by atoms with Gasteiger partial charge in [0, 0.05) is 14.3 Å². The number of hydrogen-bond acceptors (Lipinski definition) is 0. The minimum Gasteiger partial charge on any atom is -0.0947 e. The molecule has 0 amide bonds. The van der Waals surface area contributed by atoms with Crippen molar-refractivity contribution in [2.75, 3.05) is 0 Å². The standard InChI is InChI=1S/C21H33I/c1-12-13(2)19(9)15(4)16(5)20(10,17(6)18(19,7)8)21(11,22)14(12)3/h17H,2H2,1,3-11H3/b14-12-. The predicted octanol–water partition coefficient (Wildman–Crippen LogP) is 7.11. The zero-order chi connectivity index (χ0) is 17.5. The van der Waals surface area contributed by atoms with Gasteiger partial charge in [-0.05, 0) is 57.1 Å². The van der Waals surface area contributed by atoms with E-state index in [1.54, 1.807) is 5.57 Å². The Morgan fingerprint density at radius 3 is 1.77 bits per heavy atom. The second-order valence-corrected chi connectivity index (χ2v) is 10.9. The molecule has 3 aliphatic rings. The van der Waals surface area contributed by atoms with Crippen LogP contribution in [0.1, 0.15) is 69.2 Å². The van der Waals surface area contributed by atoms with Crippen molar-refractivity contribution in [1.29, 1.82) is 0 Å². The molecule has 0 fully saturated rings. The minimum atomic E-state index is 0.0362. The molecule has 0 nitrogen and oxygen atoms in total. The lowest BCUT2D eigenvalue weighted by molar-refractivity contribution is -0.0103. The Kier molecular flexibility index (Phi) is 3.94. The number of fused-ring (bicyclic) bond motifs is 3. The van der Waals surface area contributed by atoms with Crippen LogP contribution in [0.25, 0.3) is 0 Å². The number of hydrogen-bond donors (Lipinski definition) is 0. The van der Waals surface area contributed by atoms with Crippen molar-refractivity contribution in [3.05, 3.63) is 34.4 Å². The van der Waals surface area contributed by atoms with Crippen LogP contribution in [-0.2, 0) is 0 Å². The molecule has 3 rings (SSSR count). The quantitative estimate of drug-likeness (QED) is 0.226. The van der Waals surface area contributed by atoms with Crippen LogP contribution in [0.2, 0.25) is 0 Å². The summed E-state index contributed by atoms with van der Waals surface area (Å²) in [5, 5.41) is 0. The van der Waals surface area contributed by atoms with E-state index < -0.39 is 0 Å². The van der Waals surface area contributed by atoms with Gasteiger partial charge in [-0.1, -0.05) is 80.5 Å². The summed E-state index contributed by atoms with van der Waals surface area (Å²) in [4.78, 5) is 0. The Morgan fingerprint density at radius 1 is 0.864 bits per heavy atom. The lowest BCUT2D eigenvalue weighted by Crippen LogP contribution is -2.60. The molecule has 0 aromatic heterocycles. The fraction of sp³-hybridized carbons (Fsp3) is 0.714. The largest absolute Gasteiger partial charge is 0.0947 e. The molecule has 0 aromatic carbocycles. The van der Waals surface area contributed by atoms with E-state index in [2.05, 4.69) is 98.4 Å². The summed E-state index contributed by atoms with van der Waals surface area (Å²) < 4.78 is 0.0988. The third-order valence-corrected chi connectivity index (χ3v) is 10.6. The Balaban J connectivity index is 3.07. The molecule has 4 unspecified atom stereocenters. The Bertz CT molecular complexity index is 614. The number of rotatable bonds is 0.